The molecule has 0 spiro atoms. The number of rotatable bonds is 8. The molecule has 0 radical (unpaired) electrons. The van der Waals surface area contributed by atoms with Crippen LogP contribution in [-0.4, -0.2) is 31.0 Å². The van der Waals surface area contributed by atoms with Crippen LogP contribution < -0.4 is 5.32 Å². The van der Waals surface area contributed by atoms with E-state index in [1.165, 1.54) is 5.56 Å². The van der Waals surface area contributed by atoms with E-state index in [1.54, 1.807) is 0 Å². The molecule has 3 nitrogen and oxygen atoms in total. The Morgan fingerprint density at radius 2 is 2.00 bits per heavy atom. The Hall–Kier alpha value is -1.06. The summed E-state index contributed by atoms with van der Waals surface area (Å²) >= 11 is 0. The Bertz CT molecular complexity index is 298. The summed E-state index contributed by atoms with van der Waals surface area (Å²) in [6.07, 6.45) is 2.21. The molecular formula is C14H23NO2. The molecule has 0 aromatic heterocycles. The van der Waals surface area contributed by atoms with Crippen LogP contribution in [0.4, 0.5) is 5.69 Å². The van der Waals surface area contributed by atoms with Crippen LogP contribution in [0.3, 0.4) is 0 Å². The number of unbranched alkanes of at least 4 members (excludes halogenated alkanes) is 1. The maximum absolute atomic E-state index is 9.26. The van der Waals surface area contributed by atoms with E-state index in [-0.39, 0.29) is 12.6 Å². The van der Waals surface area contributed by atoms with Crippen LogP contribution in [-0.2, 0) is 4.74 Å². The minimum atomic E-state index is -0.0328. The van der Waals surface area contributed by atoms with Gasteiger partial charge in [-0.25, -0.2) is 0 Å². The number of hydrogen-bond donors (Lipinski definition) is 2. The molecule has 0 aliphatic carbocycles. The predicted octanol–water partition coefficient (Wildman–Crippen LogP) is 2.58. The minimum absolute atomic E-state index is 0.0328. The van der Waals surface area contributed by atoms with Crippen molar-refractivity contribution in [1.82, 2.24) is 0 Å². The van der Waals surface area contributed by atoms with E-state index in [9.17, 15) is 5.11 Å². The third kappa shape index (κ3) is 5.71. The highest BCUT2D eigenvalue weighted by Crippen LogP contribution is 2.10. The maximum atomic E-state index is 9.26. The first-order valence-electron chi connectivity index (χ1n) is 6.28. The third-order valence-electron chi connectivity index (χ3n) is 2.60. The topological polar surface area (TPSA) is 41.5 Å². The van der Waals surface area contributed by atoms with Crippen LogP contribution >= 0.6 is 0 Å². The van der Waals surface area contributed by atoms with Crippen molar-refractivity contribution in [1.29, 1.82) is 0 Å². The molecule has 0 heterocycles. The fraction of sp³-hybridized carbons (Fsp3) is 0.571. The van der Waals surface area contributed by atoms with E-state index in [2.05, 4.69) is 31.3 Å². The van der Waals surface area contributed by atoms with E-state index < -0.39 is 0 Å². The Balaban J connectivity index is 2.33. The summed E-state index contributed by atoms with van der Waals surface area (Å²) in [4.78, 5) is 0. The van der Waals surface area contributed by atoms with Crippen LogP contribution in [0.25, 0.3) is 0 Å². The molecule has 2 N–H and O–H groups in total. The van der Waals surface area contributed by atoms with Crippen molar-refractivity contribution in [2.45, 2.75) is 32.7 Å². The number of aliphatic hydroxyl groups is 1. The molecule has 3 heteroatoms. The fourth-order valence-corrected chi connectivity index (χ4v) is 1.50. The van der Waals surface area contributed by atoms with E-state index in [0.717, 1.165) is 25.1 Å². The first-order chi connectivity index (χ1) is 8.26. The molecular weight excluding hydrogens is 214 g/mol. The molecule has 1 rings (SSSR count). The summed E-state index contributed by atoms with van der Waals surface area (Å²) in [5.41, 5.74) is 2.25. The number of ether oxygens (including phenoxy) is 1. The second-order valence-corrected chi connectivity index (χ2v) is 4.32. The van der Waals surface area contributed by atoms with E-state index in [4.69, 9.17) is 4.74 Å². The Labute approximate surface area is 104 Å². The van der Waals surface area contributed by atoms with E-state index in [0.29, 0.717) is 6.61 Å². The van der Waals surface area contributed by atoms with Crippen LogP contribution in [0, 0.1) is 6.92 Å². The first-order valence-corrected chi connectivity index (χ1v) is 6.28. The normalized spacial score (nSPS) is 12.4. The molecule has 0 saturated heterocycles. The van der Waals surface area contributed by atoms with Gasteiger partial charge < -0.3 is 15.2 Å². The molecule has 1 unspecified atom stereocenters. The molecule has 1 atom stereocenters. The van der Waals surface area contributed by atoms with Gasteiger partial charge in [0.1, 0.15) is 0 Å². The zero-order valence-electron chi connectivity index (χ0n) is 10.8. The number of nitrogens with one attached hydrogen (secondary N) is 1. The van der Waals surface area contributed by atoms with E-state index >= 15 is 0 Å². The van der Waals surface area contributed by atoms with Crippen LogP contribution in [0.1, 0.15) is 25.3 Å². The molecule has 96 valence electrons. The van der Waals surface area contributed by atoms with E-state index in [1.807, 2.05) is 12.1 Å². The molecule has 0 bridgehead atoms. The fourth-order valence-electron chi connectivity index (χ4n) is 1.50. The van der Waals surface area contributed by atoms with Gasteiger partial charge in [-0.3, -0.25) is 0 Å². The lowest BCUT2D eigenvalue weighted by Crippen LogP contribution is -2.29. The predicted molar refractivity (Wildman–Crippen MR) is 71.4 cm³/mol. The van der Waals surface area contributed by atoms with Crippen molar-refractivity contribution in [2.75, 3.05) is 25.1 Å². The molecule has 0 amide bonds. The van der Waals surface area contributed by atoms with Crippen molar-refractivity contribution < 1.29 is 9.84 Å². The van der Waals surface area contributed by atoms with Crippen LogP contribution in [0.5, 0.6) is 0 Å². The zero-order valence-corrected chi connectivity index (χ0v) is 10.8. The van der Waals surface area contributed by atoms with Crippen molar-refractivity contribution in [3.8, 4) is 0 Å². The summed E-state index contributed by atoms with van der Waals surface area (Å²) in [5.74, 6) is 0. The number of hydrogen-bond acceptors (Lipinski definition) is 3. The standard InChI is InChI=1S/C14H23NO2/c1-3-4-9-17-11-14(10-16)15-13-7-5-12(2)6-8-13/h5-8,14-16H,3-4,9-11H2,1-2H3. The molecule has 0 aliphatic rings. The largest absolute Gasteiger partial charge is 0.394 e. The molecule has 0 saturated carbocycles. The lowest BCUT2D eigenvalue weighted by molar-refractivity contribution is 0.104. The van der Waals surface area contributed by atoms with Gasteiger partial charge in [-0.15, -0.1) is 0 Å². The Morgan fingerprint density at radius 1 is 1.29 bits per heavy atom. The summed E-state index contributed by atoms with van der Waals surface area (Å²) in [6.45, 7) is 5.59. The number of aliphatic hydroxyl groups excluding tert-OH is 1. The molecule has 1 aromatic rings. The second-order valence-electron chi connectivity index (χ2n) is 4.32. The lowest BCUT2D eigenvalue weighted by Gasteiger charge is -2.17. The zero-order chi connectivity index (χ0) is 12.5. The third-order valence-corrected chi connectivity index (χ3v) is 2.60. The molecule has 0 fully saturated rings. The van der Waals surface area contributed by atoms with Crippen molar-refractivity contribution in [3.63, 3.8) is 0 Å². The summed E-state index contributed by atoms with van der Waals surface area (Å²) in [7, 11) is 0. The van der Waals surface area contributed by atoms with Gasteiger partial charge >= 0.3 is 0 Å². The SMILES string of the molecule is CCCCOCC(CO)Nc1ccc(C)cc1. The molecule has 0 aliphatic heterocycles. The monoisotopic (exact) mass is 237 g/mol. The van der Waals surface area contributed by atoms with Crippen LogP contribution in [0.2, 0.25) is 0 Å². The highest BCUT2D eigenvalue weighted by Gasteiger charge is 2.06. The Morgan fingerprint density at radius 3 is 2.59 bits per heavy atom. The smallest absolute Gasteiger partial charge is 0.0725 e. The minimum Gasteiger partial charge on any atom is -0.394 e. The van der Waals surface area contributed by atoms with Gasteiger partial charge in [0.25, 0.3) is 0 Å². The highest BCUT2D eigenvalue weighted by atomic mass is 16.5. The summed E-state index contributed by atoms with van der Waals surface area (Å²) < 4.78 is 5.50. The number of aryl methyl sites for hydroxylation is 1. The van der Waals surface area contributed by atoms with Gasteiger partial charge in [0.05, 0.1) is 19.3 Å². The summed E-state index contributed by atoms with van der Waals surface area (Å²) in [6, 6.07) is 8.10. The van der Waals surface area contributed by atoms with Gasteiger partial charge in [-0.2, -0.15) is 0 Å². The van der Waals surface area contributed by atoms with Gasteiger partial charge in [-0.05, 0) is 25.5 Å². The molecule has 1 aromatic carbocycles. The van der Waals surface area contributed by atoms with Crippen molar-refractivity contribution >= 4 is 5.69 Å². The molecule has 17 heavy (non-hydrogen) atoms. The highest BCUT2D eigenvalue weighted by molar-refractivity contribution is 5.45. The van der Waals surface area contributed by atoms with Gasteiger partial charge in [0.15, 0.2) is 0 Å². The second kappa shape index (κ2) is 8.09. The lowest BCUT2D eigenvalue weighted by atomic mass is 10.2. The Kier molecular flexibility index (Phi) is 6.67. The quantitative estimate of drug-likeness (QED) is 0.683. The van der Waals surface area contributed by atoms with Crippen molar-refractivity contribution in [2.24, 2.45) is 0 Å². The van der Waals surface area contributed by atoms with Gasteiger partial charge in [-0.1, -0.05) is 31.0 Å². The number of benzene rings is 1. The van der Waals surface area contributed by atoms with Gasteiger partial charge in [0, 0.05) is 12.3 Å². The summed E-state index contributed by atoms with van der Waals surface area (Å²) in [5, 5.41) is 12.5. The average Bonchev–Trinajstić information content (AvgIpc) is 2.35. The van der Waals surface area contributed by atoms with Crippen molar-refractivity contribution in [3.05, 3.63) is 29.8 Å². The van der Waals surface area contributed by atoms with Crippen LogP contribution in [0.15, 0.2) is 24.3 Å². The first kappa shape index (κ1) is 14.0. The maximum Gasteiger partial charge on any atom is 0.0725 e. The number of anilines is 1. The average molecular weight is 237 g/mol. The van der Waals surface area contributed by atoms with Gasteiger partial charge in [0.2, 0.25) is 0 Å².